The van der Waals surface area contributed by atoms with E-state index in [4.69, 9.17) is 5.73 Å². The lowest BCUT2D eigenvalue weighted by Gasteiger charge is -2.25. The van der Waals surface area contributed by atoms with Crippen LogP contribution >= 0.6 is 0 Å². The minimum absolute atomic E-state index is 0.0272. The van der Waals surface area contributed by atoms with Gasteiger partial charge in [0.25, 0.3) is 5.91 Å². The van der Waals surface area contributed by atoms with Gasteiger partial charge in [-0.3, -0.25) is 4.79 Å². The van der Waals surface area contributed by atoms with Crippen LogP contribution < -0.4 is 11.1 Å². The molecule has 1 saturated carbocycles. The van der Waals surface area contributed by atoms with Gasteiger partial charge in [0.15, 0.2) is 0 Å². The number of hydrogen-bond donors (Lipinski definition) is 2. The maximum atomic E-state index is 13.3. The van der Waals surface area contributed by atoms with E-state index in [1.54, 1.807) is 0 Å². The second kappa shape index (κ2) is 4.51. The summed E-state index contributed by atoms with van der Waals surface area (Å²) >= 11 is 0. The summed E-state index contributed by atoms with van der Waals surface area (Å²) in [6.45, 7) is 0.632. The zero-order chi connectivity index (χ0) is 11.5. The van der Waals surface area contributed by atoms with Gasteiger partial charge in [-0.1, -0.05) is 6.42 Å². The molecule has 0 heterocycles. The Labute approximate surface area is 93.8 Å². The highest BCUT2D eigenvalue weighted by Crippen LogP contribution is 2.25. The molecular weight excluding hydrogens is 207 g/mol. The van der Waals surface area contributed by atoms with Crippen molar-refractivity contribution in [2.75, 3.05) is 12.3 Å². The number of rotatable bonds is 3. The molecule has 0 bridgehead atoms. The number of hydrogen-bond acceptors (Lipinski definition) is 2. The topological polar surface area (TPSA) is 55.1 Å². The Morgan fingerprint density at radius 1 is 1.50 bits per heavy atom. The zero-order valence-corrected chi connectivity index (χ0v) is 9.00. The van der Waals surface area contributed by atoms with Crippen LogP contribution in [0.1, 0.15) is 29.6 Å². The molecule has 1 aliphatic rings. The number of nitrogen functional groups attached to an aromatic ring is 1. The average Bonchev–Trinajstić information content (AvgIpc) is 2.19. The molecule has 1 fully saturated rings. The first-order chi connectivity index (χ1) is 7.66. The third-order valence-corrected chi connectivity index (χ3v) is 3.01. The van der Waals surface area contributed by atoms with Gasteiger partial charge in [0, 0.05) is 12.2 Å². The van der Waals surface area contributed by atoms with Crippen molar-refractivity contribution < 1.29 is 9.18 Å². The van der Waals surface area contributed by atoms with Gasteiger partial charge in [-0.2, -0.15) is 0 Å². The molecule has 0 unspecified atom stereocenters. The van der Waals surface area contributed by atoms with E-state index in [0.717, 1.165) is 12.8 Å². The minimum atomic E-state index is -0.527. The number of benzene rings is 1. The summed E-state index contributed by atoms with van der Waals surface area (Å²) in [7, 11) is 0. The Bertz CT molecular complexity index is 402. The van der Waals surface area contributed by atoms with Gasteiger partial charge in [-0.25, -0.2) is 4.39 Å². The molecule has 0 radical (unpaired) electrons. The van der Waals surface area contributed by atoms with Crippen LogP contribution in [0.3, 0.4) is 0 Å². The van der Waals surface area contributed by atoms with Crippen LogP contribution in [0.2, 0.25) is 0 Å². The lowest BCUT2D eigenvalue weighted by molar-refractivity contribution is 0.0935. The molecule has 3 nitrogen and oxygen atoms in total. The second-order valence-electron chi connectivity index (χ2n) is 4.25. The van der Waals surface area contributed by atoms with Crippen molar-refractivity contribution in [3.8, 4) is 0 Å². The van der Waals surface area contributed by atoms with Crippen LogP contribution in [0.25, 0.3) is 0 Å². The standard InChI is InChI=1S/C12H15FN2O/c13-11-5-4-9(14)6-10(11)12(16)15-7-8-2-1-3-8/h4-6,8H,1-3,7,14H2,(H,15,16). The van der Waals surface area contributed by atoms with E-state index < -0.39 is 5.82 Å². The maximum absolute atomic E-state index is 13.3. The number of nitrogens with two attached hydrogens (primary N) is 1. The van der Waals surface area contributed by atoms with Gasteiger partial charge in [0.2, 0.25) is 0 Å². The van der Waals surface area contributed by atoms with Crippen molar-refractivity contribution in [3.05, 3.63) is 29.6 Å². The van der Waals surface area contributed by atoms with E-state index in [2.05, 4.69) is 5.32 Å². The summed E-state index contributed by atoms with van der Waals surface area (Å²) in [6.07, 6.45) is 3.53. The molecule has 0 aliphatic heterocycles. The Balaban J connectivity index is 1.99. The fourth-order valence-corrected chi connectivity index (χ4v) is 1.75. The van der Waals surface area contributed by atoms with Crippen molar-refractivity contribution >= 4 is 11.6 Å². The van der Waals surface area contributed by atoms with E-state index in [1.165, 1.54) is 24.6 Å². The highest BCUT2D eigenvalue weighted by molar-refractivity contribution is 5.95. The fraction of sp³-hybridized carbons (Fsp3) is 0.417. The first-order valence-corrected chi connectivity index (χ1v) is 5.50. The fourth-order valence-electron chi connectivity index (χ4n) is 1.75. The molecule has 16 heavy (non-hydrogen) atoms. The van der Waals surface area contributed by atoms with E-state index in [1.807, 2.05) is 0 Å². The van der Waals surface area contributed by atoms with Gasteiger partial charge in [0.05, 0.1) is 5.56 Å². The lowest BCUT2D eigenvalue weighted by Crippen LogP contribution is -2.32. The lowest BCUT2D eigenvalue weighted by atomic mass is 9.85. The summed E-state index contributed by atoms with van der Waals surface area (Å²) in [4.78, 5) is 11.7. The molecule has 1 aromatic rings. The van der Waals surface area contributed by atoms with Gasteiger partial charge >= 0.3 is 0 Å². The molecular formula is C12H15FN2O. The van der Waals surface area contributed by atoms with Crippen molar-refractivity contribution in [2.45, 2.75) is 19.3 Å². The summed E-state index contributed by atoms with van der Waals surface area (Å²) < 4.78 is 13.3. The molecule has 3 N–H and O–H groups in total. The molecule has 1 aliphatic carbocycles. The quantitative estimate of drug-likeness (QED) is 0.768. The number of carbonyl (C=O) groups is 1. The van der Waals surface area contributed by atoms with Gasteiger partial charge in [-0.15, -0.1) is 0 Å². The summed E-state index contributed by atoms with van der Waals surface area (Å²) in [5, 5.41) is 2.73. The number of halogens is 1. The number of nitrogens with one attached hydrogen (secondary N) is 1. The largest absolute Gasteiger partial charge is 0.399 e. The second-order valence-corrected chi connectivity index (χ2v) is 4.25. The van der Waals surface area contributed by atoms with Gasteiger partial charge < -0.3 is 11.1 Å². The monoisotopic (exact) mass is 222 g/mol. The van der Waals surface area contributed by atoms with Crippen LogP contribution in [0.5, 0.6) is 0 Å². The molecule has 1 aromatic carbocycles. The van der Waals surface area contributed by atoms with Crippen LogP contribution in [0.15, 0.2) is 18.2 Å². The van der Waals surface area contributed by atoms with Crippen LogP contribution in [-0.4, -0.2) is 12.5 Å². The molecule has 86 valence electrons. The first-order valence-electron chi connectivity index (χ1n) is 5.50. The smallest absolute Gasteiger partial charge is 0.254 e. The van der Waals surface area contributed by atoms with Crippen molar-refractivity contribution in [3.63, 3.8) is 0 Å². The predicted molar refractivity (Wildman–Crippen MR) is 60.5 cm³/mol. The van der Waals surface area contributed by atoms with Crippen LogP contribution in [0.4, 0.5) is 10.1 Å². The van der Waals surface area contributed by atoms with Gasteiger partial charge in [-0.05, 0) is 37.0 Å². The first kappa shape index (κ1) is 10.9. The number of amides is 1. The van der Waals surface area contributed by atoms with E-state index >= 15 is 0 Å². The third-order valence-electron chi connectivity index (χ3n) is 3.01. The Morgan fingerprint density at radius 3 is 2.88 bits per heavy atom. The third kappa shape index (κ3) is 2.32. The van der Waals surface area contributed by atoms with E-state index in [-0.39, 0.29) is 11.5 Å². The maximum Gasteiger partial charge on any atom is 0.254 e. The van der Waals surface area contributed by atoms with Crippen LogP contribution in [-0.2, 0) is 0 Å². The Morgan fingerprint density at radius 2 is 2.25 bits per heavy atom. The molecule has 0 spiro atoms. The van der Waals surface area contributed by atoms with E-state index in [0.29, 0.717) is 18.2 Å². The molecule has 0 atom stereocenters. The van der Waals surface area contributed by atoms with Crippen molar-refractivity contribution in [1.82, 2.24) is 5.32 Å². The summed E-state index contributed by atoms with van der Waals surface area (Å²) in [5.74, 6) is -0.343. The van der Waals surface area contributed by atoms with Crippen molar-refractivity contribution in [2.24, 2.45) is 5.92 Å². The van der Waals surface area contributed by atoms with Gasteiger partial charge in [0.1, 0.15) is 5.82 Å². The zero-order valence-electron chi connectivity index (χ0n) is 9.00. The summed E-state index contributed by atoms with van der Waals surface area (Å²) in [6, 6.07) is 4.02. The summed E-state index contributed by atoms with van der Waals surface area (Å²) in [5.41, 5.74) is 5.94. The van der Waals surface area contributed by atoms with Crippen molar-refractivity contribution in [1.29, 1.82) is 0 Å². The molecule has 0 saturated heterocycles. The minimum Gasteiger partial charge on any atom is -0.399 e. The Kier molecular flexibility index (Phi) is 3.08. The highest BCUT2D eigenvalue weighted by Gasteiger charge is 2.19. The molecule has 0 aromatic heterocycles. The molecule has 4 heteroatoms. The van der Waals surface area contributed by atoms with E-state index in [9.17, 15) is 9.18 Å². The normalized spacial score (nSPS) is 15.6. The molecule has 1 amide bonds. The predicted octanol–water partition coefficient (Wildman–Crippen LogP) is 1.94. The number of anilines is 1. The SMILES string of the molecule is Nc1ccc(F)c(C(=O)NCC2CCC2)c1. The van der Waals surface area contributed by atoms with Crippen LogP contribution in [0, 0.1) is 11.7 Å². The highest BCUT2D eigenvalue weighted by atomic mass is 19.1. The Hall–Kier alpha value is -1.58. The number of carbonyl (C=O) groups excluding carboxylic acids is 1. The molecule has 2 rings (SSSR count). The average molecular weight is 222 g/mol.